The highest BCUT2D eigenvalue weighted by Crippen LogP contribution is 2.20. The molecule has 0 heterocycles. The Labute approximate surface area is 105 Å². The molecule has 0 amide bonds. The van der Waals surface area contributed by atoms with Gasteiger partial charge in [-0.1, -0.05) is 35.3 Å². The monoisotopic (exact) mass is 251 g/mol. The summed E-state index contributed by atoms with van der Waals surface area (Å²) in [4.78, 5) is 0. The lowest BCUT2D eigenvalue weighted by atomic mass is 10.2. The van der Waals surface area contributed by atoms with Gasteiger partial charge in [0, 0.05) is 10.0 Å². The van der Waals surface area contributed by atoms with Crippen molar-refractivity contribution in [3.63, 3.8) is 0 Å². The summed E-state index contributed by atoms with van der Waals surface area (Å²) in [7, 11) is 0. The van der Waals surface area contributed by atoms with Gasteiger partial charge in [0.2, 0.25) is 0 Å². The van der Waals surface area contributed by atoms with Crippen molar-refractivity contribution >= 4 is 23.2 Å². The summed E-state index contributed by atoms with van der Waals surface area (Å²) in [5.74, 6) is 0.801. The number of hydrogen-bond acceptors (Lipinski definition) is 1. The van der Waals surface area contributed by atoms with Crippen LogP contribution in [0.3, 0.4) is 0 Å². The third-order valence-electron chi connectivity index (χ3n) is 2.02. The Morgan fingerprint density at radius 3 is 2.25 bits per heavy atom. The molecular formula is C13H9Cl2O. The van der Waals surface area contributed by atoms with E-state index in [-0.39, 0.29) is 0 Å². The molecule has 0 unspecified atom stereocenters. The summed E-state index contributed by atoms with van der Waals surface area (Å²) in [5.41, 5.74) is 0.949. The molecule has 0 N–H and O–H groups in total. The molecule has 0 aliphatic rings. The number of benzene rings is 2. The highest BCUT2D eigenvalue weighted by molar-refractivity contribution is 6.34. The van der Waals surface area contributed by atoms with E-state index in [1.807, 2.05) is 24.3 Å². The Hall–Kier alpha value is -1.18. The van der Waals surface area contributed by atoms with Crippen molar-refractivity contribution in [2.75, 3.05) is 0 Å². The van der Waals surface area contributed by atoms with Crippen molar-refractivity contribution in [2.24, 2.45) is 0 Å². The van der Waals surface area contributed by atoms with E-state index in [2.05, 4.69) is 6.07 Å². The summed E-state index contributed by atoms with van der Waals surface area (Å²) in [6.45, 7) is 0.449. The van der Waals surface area contributed by atoms with Crippen LogP contribution in [0, 0.1) is 6.07 Å². The second-order valence-electron chi connectivity index (χ2n) is 3.30. The van der Waals surface area contributed by atoms with Crippen LogP contribution in [0.1, 0.15) is 5.56 Å². The van der Waals surface area contributed by atoms with Gasteiger partial charge in [-0.15, -0.1) is 0 Å². The second-order valence-corrected chi connectivity index (χ2v) is 4.17. The Bertz CT molecular complexity index is 448. The van der Waals surface area contributed by atoms with E-state index >= 15 is 0 Å². The van der Waals surface area contributed by atoms with Gasteiger partial charge in [-0.25, -0.2) is 0 Å². The maximum atomic E-state index is 5.89. The van der Waals surface area contributed by atoms with Gasteiger partial charge >= 0.3 is 0 Å². The molecule has 2 rings (SSSR count). The van der Waals surface area contributed by atoms with Crippen LogP contribution in [-0.2, 0) is 6.61 Å². The molecule has 0 saturated carbocycles. The minimum atomic E-state index is 0.449. The molecule has 3 heteroatoms. The van der Waals surface area contributed by atoms with Gasteiger partial charge in [-0.05, 0) is 42.0 Å². The van der Waals surface area contributed by atoms with Crippen molar-refractivity contribution in [3.05, 3.63) is 64.1 Å². The molecule has 2 aromatic carbocycles. The molecule has 2 aromatic rings. The predicted octanol–water partition coefficient (Wildman–Crippen LogP) is 4.37. The molecule has 0 bridgehead atoms. The first-order valence-corrected chi connectivity index (χ1v) is 5.53. The Balaban J connectivity index is 2.05. The largest absolute Gasteiger partial charge is 0.489 e. The zero-order valence-electron chi connectivity index (χ0n) is 8.41. The molecule has 0 spiro atoms. The van der Waals surface area contributed by atoms with Crippen molar-refractivity contribution < 1.29 is 4.74 Å². The Kier molecular flexibility index (Phi) is 3.70. The van der Waals surface area contributed by atoms with Crippen molar-refractivity contribution in [3.8, 4) is 5.75 Å². The van der Waals surface area contributed by atoms with E-state index in [4.69, 9.17) is 27.9 Å². The lowest BCUT2D eigenvalue weighted by Crippen LogP contribution is -1.95. The predicted molar refractivity (Wildman–Crippen MR) is 66.1 cm³/mol. The average Bonchev–Trinajstić information content (AvgIpc) is 2.27. The van der Waals surface area contributed by atoms with Gasteiger partial charge in [-0.3, -0.25) is 0 Å². The quantitative estimate of drug-likeness (QED) is 0.787. The van der Waals surface area contributed by atoms with Crippen LogP contribution in [0.2, 0.25) is 10.0 Å². The number of halogens is 2. The third-order valence-corrected chi connectivity index (χ3v) is 2.45. The maximum absolute atomic E-state index is 5.89. The zero-order valence-corrected chi connectivity index (χ0v) is 9.92. The zero-order chi connectivity index (χ0) is 11.4. The fraction of sp³-hybridized carbons (Fsp3) is 0.0769. The van der Waals surface area contributed by atoms with Gasteiger partial charge in [0.05, 0.1) is 0 Å². The number of hydrogen-bond donors (Lipinski definition) is 0. The summed E-state index contributed by atoms with van der Waals surface area (Å²) >= 11 is 11.8. The summed E-state index contributed by atoms with van der Waals surface area (Å²) < 4.78 is 5.56. The van der Waals surface area contributed by atoms with Crippen LogP contribution in [0.4, 0.5) is 0 Å². The fourth-order valence-electron chi connectivity index (χ4n) is 1.33. The standard InChI is InChI=1S/C13H9Cl2O/c14-11-6-10(7-12(15)8-11)9-16-13-4-2-1-3-5-13/h2-8H,9H2. The van der Waals surface area contributed by atoms with E-state index in [0.29, 0.717) is 16.7 Å². The Morgan fingerprint density at radius 2 is 1.62 bits per heavy atom. The molecule has 0 aliphatic heterocycles. The van der Waals surface area contributed by atoms with Crippen LogP contribution in [0.25, 0.3) is 0 Å². The molecule has 16 heavy (non-hydrogen) atoms. The van der Waals surface area contributed by atoms with Gasteiger partial charge in [0.25, 0.3) is 0 Å². The first kappa shape index (κ1) is 11.3. The van der Waals surface area contributed by atoms with Gasteiger partial charge in [-0.2, -0.15) is 0 Å². The highest BCUT2D eigenvalue weighted by Gasteiger charge is 1.99. The van der Waals surface area contributed by atoms with E-state index in [1.165, 1.54) is 0 Å². The van der Waals surface area contributed by atoms with Crippen LogP contribution >= 0.6 is 23.2 Å². The van der Waals surface area contributed by atoms with Gasteiger partial charge in [0.15, 0.2) is 0 Å². The van der Waals surface area contributed by atoms with E-state index < -0.39 is 0 Å². The summed E-state index contributed by atoms with van der Waals surface area (Å²) in [6, 6.07) is 15.6. The molecule has 0 atom stereocenters. The van der Waals surface area contributed by atoms with Crippen LogP contribution in [0.5, 0.6) is 5.75 Å². The lowest BCUT2D eigenvalue weighted by molar-refractivity contribution is 0.306. The second kappa shape index (κ2) is 5.24. The molecule has 0 aromatic heterocycles. The fourth-order valence-corrected chi connectivity index (χ4v) is 1.90. The molecular weight excluding hydrogens is 243 g/mol. The molecule has 1 radical (unpaired) electrons. The summed E-state index contributed by atoms with van der Waals surface area (Å²) in [5, 5.41) is 1.24. The minimum Gasteiger partial charge on any atom is -0.489 e. The summed E-state index contributed by atoms with van der Waals surface area (Å²) in [6.07, 6.45) is 0. The third kappa shape index (κ3) is 3.16. The number of rotatable bonds is 3. The van der Waals surface area contributed by atoms with Crippen LogP contribution in [-0.4, -0.2) is 0 Å². The highest BCUT2D eigenvalue weighted by atomic mass is 35.5. The van der Waals surface area contributed by atoms with E-state index in [0.717, 1.165) is 11.3 Å². The first-order chi connectivity index (χ1) is 7.74. The molecule has 0 saturated heterocycles. The van der Waals surface area contributed by atoms with Crippen molar-refractivity contribution in [1.82, 2.24) is 0 Å². The molecule has 1 nitrogen and oxygen atoms in total. The van der Waals surface area contributed by atoms with E-state index in [9.17, 15) is 0 Å². The topological polar surface area (TPSA) is 9.23 Å². The van der Waals surface area contributed by atoms with Crippen LogP contribution < -0.4 is 4.74 Å². The maximum Gasteiger partial charge on any atom is 0.119 e. The molecule has 81 valence electrons. The molecule has 0 fully saturated rings. The SMILES string of the molecule is Clc1cc(Cl)cc(COc2cc[c]cc2)c1. The average molecular weight is 252 g/mol. The number of ether oxygens (including phenoxy) is 1. The van der Waals surface area contributed by atoms with Gasteiger partial charge in [0.1, 0.15) is 12.4 Å². The first-order valence-electron chi connectivity index (χ1n) is 4.78. The van der Waals surface area contributed by atoms with Gasteiger partial charge < -0.3 is 4.74 Å². The molecule has 0 aliphatic carbocycles. The lowest BCUT2D eigenvalue weighted by Gasteiger charge is -2.06. The Morgan fingerprint density at radius 1 is 1.00 bits per heavy atom. The normalized spacial score (nSPS) is 10.1. The minimum absolute atomic E-state index is 0.449. The van der Waals surface area contributed by atoms with Crippen molar-refractivity contribution in [2.45, 2.75) is 6.61 Å². The van der Waals surface area contributed by atoms with E-state index in [1.54, 1.807) is 18.2 Å². The van der Waals surface area contributed by atoms with Crippen LogP contribution in [0.15, 0.2) is 42.5 Å². The smallest absolute Gasteiger partial charge is 0.119 e. The van der Waals surface area contributed by atoms with Crippen molar-refractivity contribution in [1.29, 1.82) is 0 Å².